The summed E-state index contributed by atoms with van der Waals surface area (Å²) in [6.07, 6.45) is 0. The molecule has 1 atom stereocenters. The van der Waals surface area contributed by atoms with Gasteiger partial charge in [0.1, 0.15) is 17.5 Å². The molecule has 0 bridgehead atoms. The Morgan fingerprint density at radius 2 is 1.71 bits per heavy atom. The molecule has 1 unspecified atom stereocenters. The molecule has 0 aromatic heterocycles. The first-order valence-corrected chi connectivity index (χ1v) is 7.37. The third-order valence-corrected chi connectivity index (χ3v) is 3.89. The molecule has 5 heteroatoms. The van der Waals surface area contributed by atoms with Crippen LogP contribution in [0.2, 0.25) is 0 Å². The van der Waals surface area contributed by atoms with E-state index in [-0.39, 0.29) is 5.56 Å². The smallest absolute Gasteiger partial charge is 0.134 e. The maximum atomic E-state index is 14.0. The van der Waals surface area contributed by atoms with Crippen LogP contribution in [0, 0.1) is 24.4 Å². The molecule has 0 heterocycles. The van der Waals surface area contributed by atoms with Crippen molar-refractivity contribution in [2.24, 2.45) is 0 Å². The molecule has 0 aliphatic carbocycles. The second kappa shape index (κ2) is 6.62. The molecule has 2 aromatic rings. The molecule has 0 aliphatic heterocycles. The fourth-order valence-corrected chi connectivity index (χ4v) is 2.99. The van der Waals surface area contributed by atoms with Crippen molar-refractivity contribution in [2.75, 3.05) is 6.54 Å². The zero-order valence-electron chi connectivity index (χ0n) is 11.7. The molecular formula is C16H15BrF3N. The zero-order chi connectivity index (χ0) is 15.6. The molecule has 1 N–H and O–H groups in total. The Kier molecular flexibility index (Phi) is 5.06. The Bertz CT molecular complexity index is 635. The minimum atomic E-state index is -0.924. The van der Waals surface area contributed by atoms with Gasteiger partial charge >= 0.3 is 0 Å². The maximum absolute atomic E-state index is 14.0. The van der Waals surface area contributed by atoms with Gasteiger partial charge in [0.05, 0.1) is 6.04 Å². The van der Waals surface area contributed by atoms with Crippen LogP contribution in [-0.4, -0.2) is 6.54 Å². The van der Waals surface area contributed by atoms with Gasteiger partial charge in [0.25, 0.3) is 0 Å². The summed E-state index contributed by atoms with van der Waals surface area (Å²) in [4.78, 5) is 0. The predicted molar refractivity (Wildman–Crippen MR) is 80.7 cm³/mol. The second-order valence-electron chi connectivity index (χ2n) is 4.80. The lowest BCUT2D eigenvalue weighted by molar-refractivity contribution is 0.491. The Hall–Kier alpha value is -1.33. The van der Waals surface area contributed by atoms with Gasteiger partial charge in [-0.15, -0.1) is 0 Å². The molecule has 0 saturated heterocycles. The minimum absolute atomic E-state index is 0.178. The normalized spacial score (nSPS) is 12.5. The number of hydrogen-bond acceptors (Lipinski definition) is 1. The Morgan fingerprint density at radius 1 is 1.10 bits per heavy atom. The van der Waals surface area contributed by atoms with Crippen molar-refractivity contribution in [2.45, 2.75) is 19.9 Å². The number of benzene rings is 2. The first-order valence-electron chi connectivity index (χ1n) is 6.58. The number of halogens is 4. The SMILES string of the molecule is CCNC(c1ccc(C)cc1Br)c1c(F)cc(F)cc1F. The van der Waals surface area contributed by atoms with Gasteiger partial charge in [-0.2, -0.15) is 0 Å². The summed E-state index contributed by atoms with van der Waals surface area (Å²) in [6.45, 7) is 4.28. The van der Waals surface area contributed by atoms with Crippen molar-refractivity contribution in [3.63, 3.8) is 0 Å². The number of aryl methyl sites for hydroxylation is 1. The van der Waals surface area contributed by atoms with Crippen LogP contribution in [0.3, 0.4) is 0 Å². The van der Waals surface area contributed by atoms with Crippen LogP contribution < -0.4 is 5.32 Å². The molecular weight excluding hydrogens is 343 g/mol. The lowest BCUT2D eigenvalue weighted by Crippen LogP contribution is -2.24. The van der Waals surface area contributed by atoms with E-state index < -0.39 is 23.5 Å². The first kappa shape index (κ1) is 16.0. The third kappa shape index (κ3) is 3.47. The molecule has 21 heavy (non-hydrogen) atoms. The molecule has 0 spiro atoms. The largest absolute Gasteiger partial charge is 0.306 e. The minimum Gasteiger partial charge on any atom is -0.306 e. The van der Waals surface area contributed by atoms with Crippen LogP contribution in [0.25, 0.3) is 0 Å². The average Bonchev–Trinajstić information content (AvgIpc) is 2.37. The topological polar surface area (TPSA) is 12.0 Å². The second-order valence-corrected chi connectivity index (χ2v) is 5.65. The van der Waals surface area contributed by atoms with Crippen molar-refractivity contribution in [3.05, 3.63) is 68.9 Å². The van der Waals surface area contributed by atoms with Crippen molar-refractivity contribution < 1.29 is 13.2 Å². The molecule has 1 nitrogen and oxygen atoms in total. The van der Waals surface area contributed by atoms with Gasteiger partial charge in [-0.05, 0) is 30.7 Å². The van der Waals surface area contributed by atoms with E-state index >= 15 is 0 Å². The number of nitrogens with one attached hydrogen (secondary N) is 1. The van der Waals surface area contributed by atoms with Crippen LogP contribution in [0.15, 0.2) is 34.8 Å². The summed E-state index contributed by atoms with van der Waals surface area (Å²) in [6, 6.07) is 6.25. The van der Waals surface area contributed by atoms with E-state index in [0.717, 1.165) is 10.0 Å². The van der Waals surface area contributed by atoms with Crippen molar-refractivity contribution in [1.82, 2.24) is 5.32 Å². The lowest BCUT2D eigenvalue weighted by atomic mass is 9.96. The highest BCUT2D eigenvalue weighted by molar-refractivity contribution is 9.10. The van der Waals surface area contributed by atoms with Gasteiger partial charge < -0.3 is 5.32 Å². The van der Waals surface area contributed by atoms with Gasteiger partial charge in [0, 0.05) is 22.2 Å². The van der Waals surface area contributed by atoms with Crippen molar-refractivity contribution in [3.8, 4) is 0 Å². The zero-order valence-corrected chi connectivity index (χ0v) is 13.3. The number of hydrogen-bond donors (Lipinski definition) is 1. The molecule has 2 rings (SSSR count). The van der Waals surface area contributed by atoms with E-state index in [1.165, 1.54) is 0 Å². The maximum Gasteiger partial charge on any atom is 0.134 e. The van der Waals surface area contributed by atoms with Gasteiger partial charge in [0.15, 0.2) is 0 Å². The summed E-state index contributed by atoms with van der Waals surface area (Å²) in [7, 11) is 0. The third-order valence-electron chi connectivity index (χ3n) is 3.21. The lowest BCUT2D eigenvalue weighted by Gasteiger charge is -2.21. The predicted octanol–water partition coefficient (Wildman–Crippen LogP) is 4.87. The fourth-order valence-electron chi connectivity index (χ4n) is 2.27. The van der Waals surface area contributed by atoms with E-state index in [0.29, 0.717) is 24.2 Å². The van der Waals surface area contributed by atoms with Crippen molar-refractivity contribution >= 4 is 15.9 Å². The number of rotatable bonds is 4. The van der Waals surface area contributed by atoms with Gasteiger partial charge in [0.2, 0.25) is 0 Å². The molecule has 0 amide bonds. The van der Waals surface area contributed by atoms with Crippen LogP contribution >= 0.6 is 15.9 Å². The van der Waals surface area contributed by atoms with E-state index in [9.17, 15) is 13.2 Å². The molecule has 112 valence electrons. The molecule has 0 fully saturated rings. The van der Waals surface area contributed by atoms with E-state index in [2.05, 4.69) is 21.2 Å². The Morgan fingerprint density at radius 3 is 2.24 bits per heavy atom. The quantitative estimate of drug-likeness (QED) is 0.822. The Labute approximate surface area is 130 Å². The fraction of sp³-hybridized carbons (Fsp3) is 0.250. The van der Waals surface area contributed by atoms with Crippen LogP contribution in [0.5, 0.6) is 0 Å². The highest BCUT2D eigenvalue weighted by Gasteiger charge is 2.24. The van der Waals surface area contributed by atoms with Crippen molar-refractivity contribution in [1.29, 1.82) is 0 Å². The molecule has 0 saturated carbocycles. The summed E-state index contributed by atoms with van der Waals surface area (Å²) >= 11 is 3.42. The summed E-state index contributed by atoms with van der Waals surface area (Å²) < 4.78 is 41.9. The van der Waals surface area contributed by atoms with Crippen LogP contribution in [0.4, 0.5) is 13.2 Å². The monoisotopic (exact) mass is 357 g/mol. The summed E-state index contributed by atoms with van der Waals surface area (Å²) in [5, 5.41) is 3.04. The van der Waals surface area contributed by atoms with Gasteiger partial charge in [-0.25, -0.2) is 13.2 Å². The van der Waals surface area contributed by atoms with Crippen LogP contribution in [0.1, 0.15) is 29.7 Å². The van der Waals surface area contributed by atoms with E-state index in [4.69, 9.17) is 0 Å². The summed E-state index contributed by atoms with van der Waals surface area (Å²) in [5.74, 6) is -2.72. The van der Waals surface area contributed by atoms with Gasteiger partial charge in [-0.1, -0.05) is 35.0 Å². The first-order chi connectivity index (χ1) is 9.93. The summed E-state index contributed by atoms with van der Waals surface area (Å²) in [5.41, 5.74) is 1.55. The highest BCUT2D eigenvalue weighted by atomic mass is 79.9. The standard InChI is InChI=1S/C16H15BrF3N/c1-3-21-16(11-5-4-9(2)6-12(11)17)15-13(19)7-10(18)8-14(15)20/h4-8,16,21H,3H2,1-2H3. The van der Waals surface area contributed by atoms with Gasteiger partial charge in [-0.3, -0.25) is 0 Å². The highest BCUT2D eigenvalue weighted by Crippen LogP contribution is 2.32. The Balaban J connectivity index is 2.59. The average molecular weight is 358 g/mol. The molecule has 2 aromatic carbocycles. The van der Waals surface area contributed by atoms with Crippen LogP contribution in [-0.2, 0) is 0 Å². The van der Waals surface area contributed by atoms with E-state index in [1.807, 2.05) is 26.0 Å². The van der Waals surface area contributed by atoms with E-state index in [1.54, 1.807) is 6.07 Å². The molecule has 0 radical (unpaired) electrons. The molecule has 0 aliphatic rings.